The van der Waals surface area contributed by atoms with Crippen LogP contribution in [0.2, 0.25) is 15.1 Å². The minimum atomic E-state index is -0.194. The van der Waals surface area contributed by atoms with E-state index in [-0.39, 0.29) is 12.3 Å². The minimum Gasteiger partial charge on any atom is -0.308 e. The van der Waals surface area contributed by atoms with Gasteiger partial charge in [0.2, 0.25) is 5.91 Å². The number of nitrogens with one attached hydrogen (secondary N) is 1. The Labute approximate surface area is 185 Å². The highest BCUT2D eigenvalue weighted by atomic mass is 79.9. The first-order valence-corrected chi connectivity index (χ1v) is 10.3. The summed E-state index contributed by atoms with van der Waals surface area (Å²) in [6.45, 7) is 4.73. The number of aryl methyl sites for hydroxylation is 2. The van der Waals surface area contributed by atoms with Crippen LogP contribution in [0.5, 0.6) is 0 Å². The minimum absolute atomic E-state index is 0.194. The van der Waals surface area contributed by atoms with Crippen molar-refractivity contribution in [2.24, 2.45) is 0 Å². The van der Waals surface area contributed by atoms with Crippen LogP contribution in [0.25, 0.3) is 0 Å². The van der Waals surface area contributed by atoms with E-state index >= 15 is 0 Å². The number of halogens is 4. The summed E-state index contributed by atoms with van der Waals surface area (Å²) in [4.78, 5) is 12.3. The summed E-state index contributed by atoms with van der Waals surface area (Å²) in [5, 5.41) is 12.9. The van der Waals surface area contributed by atoms with Crippen molar-refractivity contribution < 1.29 is 4.79 Å². The molecule has 0 aliphatic rings. The van der Waals surface area contributed by atoms with Crippen LogP contribution in [0, 0.1) is 13.8 Å². The third kappa shape index (κ3) is 4.89. The Bertz CT molecular complexity index is 1030. The zero-order valence-electron chi connectivity index (χ0n) is 15.1. The van der Waals surface area contributed by atoms with Gasteiger partial charge in [0.1, 0.15) is 5.02 Å². The molecule has 6 nitrogen and oxygen atoms in total. The zero-order chi connectivity index (χ0) is 20.4. The van der Waals surface area contributed by atoms with E-state index in [1.165, 1.54) is 0 Å². The summed E-state index contributed by atoms with van der Waals surface area (Å²) in [6, 6.07) is 5.25. The largest absolute Gasteiger partial charge is 0.308 e. The third-order valence-corrected chi connectivity index (χ3v) is 6.18. The van der Waals surface area contributed by atoms with Crippen molar-refractivity contribution in [1.82, 2.24) is 19.6 Å². The molecular weight excluding hydrogens is 488 g/mol. The smallest absolute Gasteiger partial charge is 0.227 e. The first kappa shape index (κ1) is 21.2. The van der Waals surface area contributed by atoms with Crippen LogP contribution in [0.4, 0.5) is 5.82 Å². The average molecular weight is 506 g/mol. The molecule has 1 amide bonds. The Morgan fingerprint density at radius 3 is 2.57 bits per heavy atom. The lowest BCUT2D eigenvalue weighted by atomic mass is 10.2. The van der Waals surface area contributed by atoms with E-state index in [1.807, 2.05) is 19.9 Å². The molecule has 0 atom stereocenters. The molecule has 3 rings (SSSR count). The second-order valence-corrected chi connectivity index (χ2v) is 8.31. The molecule has 3 aromatic rings. The quantitative estimate of drug-likeness (QED) is 0.481. The van der Waals surface area contributed by atoms with E-state index in [0.29, 0.717) is 34.0 Å². The maximum absolute atomic E-state index is 12.3. The van der Waals surface area contributed by atoms with Gasteiger partial charge in [-0.2, -0.15) is 10.2 Å². The molecule has 2 aromatic heterocycles. The molecule has 28 heavy (non-hydrogen) atoms. The molecule has 0 radical (unpaired) electrons. The van der Waals surface area contributed by atoms with Gasteiger partial charge in [0.05, 0.1) is 23.3 Å². The average Bonchev–Trinajstić information content (AvgIpc) is 3.09. The lowest BCUT2D eigenvalue weighted by molar-refractivity contribution is -0.116. The second-order valence-electron chi connectivity index (χ2n) is 6.27. The van der Waals surface area contributed by atoms with Gasteiger partial charge in [-0.3, -0.25) is 14.2 Å². The summed E-state index contributed by atoms with van der Waals surface area (Å²) in [5.41, 5.74) is 2.71. The van der Waals surface area contributed by atoms with Crippen molar-refractivity contribution in [2.75, 3.05) is 5.32 Å². The van der Waals surface area contributed by atoms with E-state index in [0.717, 1.165) is 21.4 Å². The first-order valence-electron chi connectivity index (χ1n) is 8.41. The van der Waals surface area contributed by atoms with Gasteiger partial charge in [-0.05, 0) is 47.5 Å². The fourth-order valence-corrected chi connectivity index (χ4v) is 3.63. The first-order chi connectivity index (χ1) is 13.2. The van der Waals surface area contributed by atoms with Crippen LogP contribution in [-0.2, 0) is 17.9 Å². The highest BCUT2D eigenvalue weighted by Crippen LogP contribution is 2.24. The fraction of sp³-hybridized carbons (Fsp3) is 0.278. The number of nitrogens with zero attached hydrogens (tertiary/aromatic N) is 4. The van der Waals surface area contributed by atoms with Crippen molar-refractivity contribution >= 4 is 62.5 Å². The molecule has 0 saturated carbocycles. The molecule has 0 saturated heterocycles. The molecule has 0 fully saturated rings. The van der Waals surface area contributed by atoms with Crippen molar-refractivity contribution in [3.63, 3.8) is 0 Å². The van der Waals surface area contributed by atoms with Gasteiger partial charge in [0, 0.05) is 28.4 Å². The predicted molar refractivity (Wildman–Crippen MR) is 115 cm³/mol. The van der Waals surface area contributed by atoms with E-state index in [2.05, 4.69) is 31.4 Å². The van der Waals surface area contributed by atoms with Gasteiger partial charge in [-0.25, -0.2) is 0 Å². The summed E-state index contributed by atoms with van der Waals surface area (Å²) < 4.78 is 4.36. The summed E-state index contributed by atoms with van der Waals surface area (Å²) in [7, 11) is 0. The molecular formula is C18H17BrCl3N5O. The molecule has 0 aliphatic heterocycles. The number of amides is 1. The zero-order valence-corrected chi connectivity index (χ0v) is 19.0. The maximum atomic E-state index is 12.3. The van der Waals surface area contributed by atoms with Crippen LogP contribution in [-0.4, -0.2) is 25.5 Å². The lowest BCUT2D eigenvalue weighted by Crippen LogP contribution is -2.16. The number of benzene rings is 1. The van der Waals surface area contributed by atoms with Gasteiger partial charge < -0.3 is 5.32 Å². The Morgan fingerprint density at radius 1 is 1.18 bits per heavy atom. The molecule has 1 aromatic carbocycles. The number of hydrogen-bond acceptors (Lipinski definition) is 3. The van der Waals surface area contributed by atoms with Gasteiger partial charge in [0.15, 0.2) is 5.82 Å². The number of anilines is 1. The van der Waals surface area contributed by atoms with Gasteiger partial charge in [0.25, 0.3) is 0 Å². The maximum Gasteiger partial charge on any atom is 0.227 e. The normalized spacial score (nSPS) is 11.1. The van der Waals surface area contributed by atoms with Crippen LogP contribution >= 0.6 is 50.7 Å². The topological polar surface area (TPSA) is 64.7 Å². The SMILES string of the molecule is Cc1nn(CCC(=O)Nc2nn(Cc3ccc(Cl)cc3Cl)cc2Cl)c(C)c1Br. The predicted octanol–water partition coefficient (Wildman–Crippen LogP) is 5.50. The van der Waals surface area contributed by atoms with E-state index < -0.39 is 0 Å². The Hall–Kier alpha value is -1.54. The molecule has 0 spiro atoms. The second kappa shape index (κ2) is 8.86. The van der Waals surface area contributed by atoms with Crippen LogP contribution < -0.4 is 5.32 Å². The van der Waals surface area contributed by atoms with Gasteiger partial charge in [-0.1, -0.05) is 40.9 Å². The Balaban J connectivity index is 1.62. The van der Waals surface area contributed by atoms with Crippen LogP contribution in [0.15, 0.2) is 28.9 Å². The number of rotatable bonds is 6. The van der Waals surface area contributed by atoms with Gasteiger partial charge >= 0.3 is 0 Å². The van der Waals surface area contributed by atoms with Crippen LogP contribution in [0.1, 0.15) is 23.4 Å². The van der Waals surface area contributed by atoms with Crippen molar-refractivity contribution in [3.05, 3.63) is 60.9 Å². The van der Waals surface area contributed by atoms with E-state index in [4.69, 9.17) is 34.8 Å². The highest BCUT2D eigenvalue weighted by molar-refractivity contribution is 9.10. The molecule has 0 unspecified atom stereocenters. The van der Waals surface area contributed by atoms with Crippen molar-refractivity contribution in [3.8, 4) is 0 Å². The fourth-order valence-electron chi connectivity index (χ4n) is 2.68. The Kier molecular flexibility index (Phi) is 6.70. The molecule has 10 heteroatoms. The third-order valence-electron chi connectivity index (χ3n) is 4.17. The monoisotopic (exact) mass is 503 g/mol. The number of carbonyl (C=O) groups excluding carboxylic acids is 1. The number of aromatic nitrogens is 4. The Morgan fingerprint density at radius 2 is 1.93 bits per heavy atom. The number of hydrogen-bond donors (Lipinski definition) is 1. The summed E-state index contributed by atoms with van der Waals surface area (Å²) in [5.74, 6) is 0.117. The highest BCUT2D eigenvalue weighted by Gasteiger charge is 2.14. The molecule has 148 valence electrons. The van der Waals surface area contributed by atoms with E-state index in [1.54, 1.807) is 27.7 Å². The molecule has 1 N–H and O–H groups in total. The van der Waals surface area contributed by atoms with Crippen molar-refractivity contribution in [2.45, 2.75) is 33.4 Å². The summed E-state index contributed by atoms with van der Waals surface area (Å²) in [6.07, 6.45) is 1.89. The molecule has 0 aliphatic carbocycles. The molecule has 2 heterocycles. The number of carbonyl (C=O) groups is 1. The summed E-state index contributed by atoms with van der Waals surface area (Å²) >= 11 is 21.8. The lowest BCUT2D eigenvalue weighted by Gasteiger charge is -2.06. The van der Waals surface area contributed by atoms with Crippen molar-refractivity contribution in [1.29, 1.82) is 0 Å². The van der Waals surface area contributed by atoms with E-state index in [9.17, 15) is 4.79 Å². The molecule has 0 bridgehead atoms. The standard InChI is InChI=1S/C18H17BrCl3N5O/c1-10-17(19)11(2)27(24-10)6-5-16(28)23-18-15(22)9-26(25-18)8-12-3-4-13(20)7-14(12)21/h3-4,7,9H,5-6,8H2,1-2H3,(H,23,25,28). The van der Waals surface area contributed by atoms with Gasteiger partial charge in [-0.15, -0.1) is 0 Å². The van der Waals surface area contributed by atoms with Crippen LogP contribution in [0.3, 0.4) is 0 Å².